The van der Waals surface area contributed by atoms with Gasteiger partial charge in [0.05, 0.1) is 12.6 Å². The third kappa shape index (κ3) is 3.58. The number of anilines is 1. The molecule has 2 heterocycles. The minimum atomic E-state index is -0.160. The molecule has 0 saturated heterocycles. The summed E-state index contributed by atoms with van der Waals surface area (Å²) in [4.78, 5) is 4.25. The second-order valence-electron chi connectivity index (χ2n) is 7.86. The number of nitrogens with one attached hydrogen (secondary N) is 3. The van der Waals surface area contributed by atoms with Gasteiger partial charge in [0.1, 0.15) is 17.3 Å². The Labute approximate surface area is 175 Å². The van der Waals surface area contributed by atoms with Gasteiger partial charge in [-0.2, -0.15) is 5.10 Å². The summed E-state index contributed by atoms with van der Waals surface area (Å²) in [5, 5.41) is 16.1. The Kier molecular flexibility index (Phi) is 4.58. The van der Waals surface area contributed by atoms with E-state index in [0.717, 1.165) is 45.5 Å². The first-order valence-electron chi connectivity index (χ1n) is 10.3. The Bertz CT molecular complexity index is 1160. The average Bonchev–Trinajstić information content (AvgIpc) is 3.51. The smallest absolute Gasteiger partial charge is 0.174 e. The second-order valence-corrected chi connectivity index (χ2v) is 7.86. The molecule has 1 unspecified atom stereocenters. The van der Waals surface area contributed by atoms with E-state index < -0.39 is 0 Å². The van der Waals surface area contributed by atoms with Crippen LogP contribution in [0.3, 0.4) is 0 Å². The van der Waals surface area contributed by atoms with Gasteiger partial charge >= 0.3 is 0 Å². The van der Waals surface area contributed by atoms with Crippen molar-refractivity contribution in [1.29, 1.82) is 0 Å². The first kappa shape index (κ1) is 18.5. The summed E-state index contributed by atoms with van der Waals surface area (Å²) in [6, 6.07) is 12.6. The first-order valence-corrected chi connectivity index (χ1v) is 10.3. The fourth-order valence-electron chi connectivity index (χ4n) is 3.86. The van der Waals surface area contributed by atoms with Crippen LogP contribution >= 0.6 is 0 Å². The van der Waals surface area contributed by atoms with E-state index in [0.29, 0.717) is 0 Å². The molecule has 2 aliphatic rings. The highest BCUT2D eigenvalue weighted by molar-refractivity contribution is 5.94. The molecule has 1 aliphatic carbocycles. The van der Waals surface area contributed by atoms with Crippen LogP contribution in [0.15, 0.2) is 59.4 Å². The molecule has 154 valence electrons. The van der Waals surface area contributed by atoms with Crippen LogP contribution in [0.4, 0.5) is 5.69 Å². The number of allylic oxidation sites excluding steroid dienone is 1. The van der Waals surface area contributed by atoms with Crippen LogP contribution in [0.2, 0.25) is 0 Å². The molecule has 30 heavy (non-hydrogen) atoms. The van der Waals surface area contributed by atoms with E-state index in [4.69, 9.17) is 9.84 Å². The van der Waals surface area contributed by atoms with Crippen LogP contribution < -0.4 is 20.7 Å². The third-order valence-corrected chi connectivity index (χ3v) is 5.57. The molecule has 3 N–H and O–H groups in total. The highest BCUT2D eigenvalue weighted by Crippen LogP contribution is 2.41. The number of nitrogens with zero attached hydrogens (tertiary/aromatic N) is 3. The Morgan fingerprint density at radius 1 is 1.17 bits per heavy atom. The highest BCUT2D eigenvalue weighted by Gasteiger charge is 2.24. The van der Waals surface area contributed by atoms with Gasteiger partial charge in [0.25, 0.3) is 0 Å². The maximum atomic E-state index is 5.62. The van der Waals surface area contributed by atoms with Crippen LogP contribution in [0.25, 0.3) is 16.6 Å². The van der Waals surface area contributed by atoms with Crippen molar-refractivity contribution in [3.05, 3.63) is 59.9 Å². The van der Waals surface area contributed by atoms with Crippen LogP contribution in [0, 0.1) is 0 Å². The number of rotatable bonds is 5. The standard InChI is InChI=1S/C23H26N6O/c1-14-10-22(24-2)27-23(25-14)26-18-7-9-21(30-3)20(12-18)29-13-17-11-16(15-4-5-15)6-8-19(17)28-29/h6-13,15,23,25-26H,4-5H2,1-3H3,(H,24,27). The molecule has 1 aliphatic heterocycles. The predicted molar refractivity (Wildman–Crippen MR) is 120 cm³/mol. The zero-order chi connectivity index (χ0) is 20.7. The zero-order valence-corrected chi connectivity index (χ0v) is 17.4. The first-order chi connectivity index (χ1) is 14.6. The minimum absolute atomic E-state index is 0.160. The number of benzene rings is 2. The lowest BCUT2D eigenvalue weighted by atomic mass is 10.1. The Morgan fingerprint density at radius 2 is 2.03 bits per heavy atom. The normalized spacial score (nSPS) is 19.9. The monoisotopic (exact) mass is 402 g/mol. The van der Waals surface area contributed by atoms with Crippen molar-refractivity contribution in [2.24, 2.45) is 4.99 Å². The molecule has 2 aromatic carbocycles. The molecule has 0 spiro atoms. The summed E-state index contributed by atoms with van der Waals surface area (Å²) in [6.07, 6.45) is 6.48. The Balaban J connectivity index is 1.46. The van der Waals surface area contributed by atoms with Crippen LogP contribution in [-0.2, 0) is 0 Å². The third-order valence-electron chi connectivity index (χ3n) is 5.57. The van der Waals surface area contributed by atoms with Crippen molar-refractivity contribution in [3.8, 4) is 11.4 Å². The van der Waals surface area contributed by atoms with E-state index in [-0.39, 0.29) is 6.29 Å². The van der Waals surface area contributed by atoms with Gasteiger partial charge in [0.2, 0.25) is 0 Å². The van der Waals surface area contributed by atoms with E-state index >= 15 is 0 Å². The molecule has 0 amide bonds. The number of hydrogen-bond acceptors (Lipinski definition) is 5. The summed E-state index contributed by atoms with van der Waals surface area (Å²) in [5.41, 5.74) is 5.28. The second kappa shape index (κ2) is 7.40. The van der Waals surface area contributed by atoms with Crippen molar-refractivity contribution in [2.75, 3.05) is 19.5 Å². The molecule has 5 rings (SSSR count). The van der Waals surface area contributed by atoms with Gasteiger partial charge in [-0.15, -0.1) is 0 Å². The fraction of sp³-hybridized carbons (Fsp3) is 0.304. The number of hydrogen-bond donors (Lipinski definition) is 3. The van der Waals surface area contributed by atoms with Crippen LogP contribution in [0.5, 0.6) is 5.75 Å². The zero-order valence-electron chi connectivity index (χ0n) is 17.4. The van der Waals surface area contributed by atoms with Gasteiger partial charge in [0, 0.05) is 30.0 Å². The van der Waals surface area contributed by atoms with E-state index in [2.05, 4.69) is 45.3 Å². The largest absolute Gasteiger partial charge is 0.494 e. The lowest BCUT2D eigenvalue weighted by Gasteiger charge is -2.28. The number of amidine groups is 1. The molecule has 1 aromatic heterocycles. The summed E-state index contributed by atoms with van der Waals surface area (Å²) < 4.78 is 7.52. The number of aliphatic imine (C=N–C) groups is 1. The number of ether oxygens (including phenoxy) is 1. The van der Waals surface area contributed by atoms with Crippen molar-refractivity contribution in [2.45, 2.75) is 32.0 Å². The molecular weight excluding hydrogens is 376 g/mol. The van der Waals surface area contributed by atoms with Crippen molar-refractivity contribution in [1.82, 2.24) is 20.4 Å². The Hall–Kier alpha value is -3.48. The average molecular weight is 403 g/mol. The molecule has 1 fully saturated rings. The highest BCUT2D eigenvalue weighted by atomic mass is 16.5. The molecule has 0 bridgehead atoms. The van der Waals surface area contributed by atoms with Gasteiger partial charge in [-0.05, 0) is 67.7 Å². The molecular formula is C23H26N6O. The van der Waals surface area contributed by atoms with E-state index in [1.165, 1.54) is 18.4 Å². The summed E-state index contributed by atoms with van der Waals surface area (Å²) in [7, 11) is 3.46. The van der Waals surface area contributed by atoms with Crippen molar-refractivity contribution < 1.29 is 4.74 Å². The van der Waals surface area contributed by atoms with Crippen molar-refractivity contribution in [3.63, 3.8) is 0 Å². The maximum Gasteiger partial charge on any atom is 0.174 e. The van der Waals surface area contributed by atoms with Crippen LogP contribution in [-0.4, -0.2) is 36.1 Å². The molecule has 3 aromatic rings. The SMILES string of the molecule is CN=C1C=C(C)NC(Nc2ccc(OC)c(-n3cc4cc(C5CC5)ccc4n3)c2)N1. The predicted octanol–water partition coefficient (Wildman–Crippen LogP) is 3.73. The molecule has 1 atom stereocenters. The fourth-order valence-corrected chi connectivity index (χ4v) is 3.86. The number of fused-ring (bicyclic) bond motifs is 1. The Morgan fingerprint density at radius 3 is 2.80 bits per heavy atom. The summed E-state index contributed by atoms with van der Waals surface area (Å²) >= 11 is 0. The molecule has 0 radical (unpaired) electrons. The lowest BCUT2D eigenvalue weighted by molar-refractivity contribution is 0.412. The van der Waals surface area contributed by atoms with Gasteiger partial charge < -0.3 is 20.7 Å². The van der Waals surface area contributed by atoms with E-state index in [9.17, 15) is 0 Å². The quantitative estimate of drug-likeness (QED) is 0.606. The lowest BCUT2D eigenvalue weighted by Crippen LogP contribution is -2.52. The van der Waals surface area contributed by atoms with Crippen molar-refractivity contribution >= 4 is 22.4 Å². The van der Waals surface area contributed by atoms with E-state index in [1.54, 1.807) is 14.2 Å². The molecule has 1 saturated carbocycles. The topological polar surface area (TPSA) is 75.5 Å². The van der Waals surface area contributed by atoms with Gasteiger partial charge in [0.15, 0.2) is 6.29 Å². The van der Waals surface area contributed by atoms with Gasteiger partial charge in [-0.1, -0.05) is 6.07 Å². The minimum Gasteiger partial charge on any atom is -0.494 e. The van der Waals surface area contributed by atoms with Gasteiger partial charge in [-0.3, -0.25) is 4.99 Å². The molecule has 7 heteroatoms. The number of methoxy groups -OCH3 is 1. The number of aromatic nitrogens is 2. The molecule has 7 nitrogen and oxygen atoms in total. The van der Waals surface area contributed by atoms with Gasteiger partial charge in [-0.25, -0.2) is 4.68 Å². The maximum absolute atomic E-state index is 5.62. The summed E-state index contributed by atoms with van der Waals surface area (Å²) in [5.74, 6) is 2.33. The van der Waals surface area contributed by atoms with E-state index in [1.807, 2.05) is 35.9 Å². The van der Waals surface area contributed by atoms with Crippen LogP contribution in [0.1, 0.15) is 31.2 Å². The summed E-state index contributed by atoms with van der Waals surface area (Å²) in [6.45, 7) is 2.02.